The summed E-state index contributed by atoms with van der Waals surface area (Å²) < 4.78 is 2.17. The Balaban J connectivity index is 2.09. The van der Waals surface area contributed by atoms with Crippen molar-refractivity contribution in [2.75, 3.05) is 13.1 Å². The van der Waals surface area contributed by atoms with Crippen molar-refractivity contribution in [1.29, 1.82) is 5.26 Å². The molecule has 0 atom stereocenters. The summed E-state index contributed by atoms with van der Waals surface area (Å²) >= 11 is 0. The molecule has 0 radical (unpaired) electrons. The molecule has 1 saturated heterocycles. The number of para-hydroxylation sites is 1. The first-order valence-corrected chi connectivity index (χ1v) is 6.50. The summed E-state index contributed by atoms with van der Waals surface area (Å²) in [6.07, 6.45) is 2.57. The predicted octanol–water partition coefficient (Wildman–Crippen LogP) is 2.65. The quantitative estimate of drug-likeness (QED) is 0.807. The van der Waals surface area contributed by atoms with Gasteiger partial charge in [-0.2, -0.15) is 5.26 Å². The van der Waals surface area contributed by atoms with E-state index in [-0.39, 0.29) is 0 Å². The Morgan fingerprint density at radius 1 is 1.22 bits per heavy atom. The number of hydrogen-bond acceptors (Lipinski definition) is 2. The molecule has 0 saturated carbocycles. The number of aromatic nitrogens is 1. The van der Waals surface area contributed by atoms with Gasteiger partial charge in [0, 0.05) is 24.5 Å². The van der Waals surface area contributed by atoms with Gasteiger partial charge in [-0.3, -0.25) is 4.90 Å². The first kappa shape index (κ1) is 11.3. The van der Waals surface area contributed by atoms with Gasteiger partial charge in [-0.25, -0.2) is 0 Å². The van der Waals surface area contributed by atoms with Crippen LogP contribution in [0.3, 0.4) is 0 Å². The van der Waals surface area contributed by atoms with E-state index in [2.05, 4.69) is 28.7 Å². The van der Waals surface area contributed by atoms with Crippen molar-refractivity contribution in [3.05, 3.63) is 35.5 Å². The average molecular weight is 239 g/mol. The molecule has 0 aliphatic carbocycles. The number of nitrogens with zero attached hydrogens (tertiary/aromatic N) is 3. The van der Waals surface area contributed by atoms with Crippen molar-refractivity contribution in [3.63, 3.8) is 0 Å². The molecule has 1 fully saturated rings. The molecule has 0 spiro atoms. The zero-order valence-electron chi connectivity index (χ0n) is 10.7. The minimum atomic E-state index is 0.847. The van der Waals surface area contributed by atoms with Crippen LogP contribution in [-0.4, -0.2) is 22.6 Å². The number of likely N-dealkylation sites (tertiary alicyclic amines) is 1. The van der Waals surface area contributed by atoms with E-state index in [1.807, 2.05) is 18.2 Å². The van der Waals surface area contributed by atoms with E-state index in [0.29, 0.717) is 0 Å². The standard InChI is InChI=1S/C15H17N3/c1-17-14-7-3-2-6-12(14)13(10-16)15(17)11-18-8-4-5-9-18/h2-3,6-7H,4-5,8-9,11H2,1H3. The first-order valence-electron chi connectivity index (χ1n) is 6.50. The van der Waals surface area contributed by atoms with Gasteiger partial charge in [-0.15, -0.1) is 0 Å². The lowest BCUT2D eigenvalue weighted by molar-refractivity contribution is 0.323. The van der Waals surface area contributed by atoms with E-state index < -0.39 is 0 Å². The van der Waals surface area contributed by atoms with Crippen LogP contribution in [0, 0.1) is 11.3 Å². The maximum atomic E-state index is 9.42. The Morgan fingerprint density at radius 3 is 2.67 bits per heavy atom. The van der Waals surface area contributed by atoms with Crippen molar-refractivity contribution in [2.24, 2.45) is 7.05 Å². The van der Waals surface area contributed by atoms with Crippen LogP contribution in [0.4, 0.5) is 0 Å². The van der Waals surface area contributed by atoms with E-state index in [4.69, 9.17) is 0 Å². The van der Waals surface area contributed by atoms with Gasteiger partial charge >= 0.3 is 0 Å². The lowest BCUT2D eigenvalue weighted by Gasteiger charge is -2.15. The molecule has 3 rings (SSSR count). The Kier molecular flexibility index (Phi) is 2.81. The number of fused-ring (bicyclic) bond motifs is 1. The fourth-order valence-corrected chi connectivity index (χ4v) is 2.91. The smallest absolute Gasteiger partial charge is 0.102 e. The third-order valence-corrected chi connectivity index (χ3v) is 3.91. The average Bonchev–Trinajstić information content (AvgIpc) is 2.99. The topological polar surface area (TPSA) is 32.0 Å². The van der Waals surface area contributed by atoms with E-state index in [1.54, 1.807) is 0 Å². The monoisotopic (exact) mass is 239 g/mol. The summed E-state index contributed by atoms with van der Waals surface area (Å²) in [5.41, 5.74) is 3.16. The molecule has 1 aromatic carbocycles. The van der Waals surface area contributed by atoms with Crippen LogP contribution in [0.2, 0.25) is 0 Å². The Bertz CT molecular complexity index is 612. The molecular formula is C15H17N3. The van der Waals surface area contributed by atoms with Gasteiger partial charge in [0.25, 0.3) is 0 Å². The Hall–Kier alpha value is -1.79. The fraction of sp³-hybridized carbons (Fsp3) is 0.400. The number of hydrogen-bond donors (Lipinski definition) is 0. The van der Waals surface area contributed by atoms with Crippen molar-refractivity contribution < 1.29 is 0 Å². The van der Waals surface area contributed by atoms with Crippen LogP contribution < -0.4 is 0 Å². The minimum absolute atomic E-state index is 0.847. The summed E-state index contributed by atoms with van der Waals surface area (Å²) in [5.74, 6) is 0. The molecule has 3 heteroatoms. The van der Waals surface area contributed by atoms with Crippen LogP contribution in [0.15, 0.2) is 24.3 Å². The highest BCUT2D eigenvalue weighted by molar-refractivity contribution is 5.88. The van der Waals surface area contributed by atoms with Gasteiger partial charge in [0.15, 0.2) is 0 Å². The van der Waals surface area contributed by atoms with Gasteiger partial charge in [0.1, 0.15) is 6.07 Å². The predicted molar refractivity (Wildman–Crippen MR) is 72.1 cm³/mol. The van der Waals surface area contributed by atoms with Crippen LogP contribution in [0.1, 0.15) is 24.1 Å². The van der Waals surface area contributed by atoms with Crippen molar-refractivity contribution in [2.45, 2.75) is 19.4 Å². The summed E-state index contributed by atoms with van der Waals surface area (Å²) in [6.45, 7) is 3.22. The highest BCUT2D eigenvalue weighted by Gasteiger charge is 2.19. The maximum Gasteiger partial charge on any atom is 0.102 e. The SMILES string of the molecule is Cn1c(CN2CCCC2)c(C#N)c2ccccc21. The zero-order valence-corrected chi connectivity index (χ0v) is 10.7. The Morgan fingerprint density at radius 2 is 1.94 bits per heavy atom. The molecule has 0 bridgehead atoms. The highest BCUT2D eigenvalue weighted by atomic mass is 15.2. The fourth-order valence-electron chi connectivity index (χ4n) is 2.91. The minimum Gasteiger partial charge on any atom is -0.345 e. The second kappa shape index (κ2) is 4.47. The number of aryl methyl sites for hydroxylation is 1. The molecule has 0 unspecified atom stereocenters. The maximum absolute atomic E-state index is 9.42. The molecule has 2 aromatic rings. The van der Waals surface area contributed by atoms with Crippen LogP contribution in [0.25, 0.3) is 10.9 Å². The summed E-state index contributed by atoms with van der Waals surface area (Å²) in [5, 5.41) is 10.5. The van der Waals surface area contributed by atoms with Gasteiger partial charge in [0.05, 0.1) is 11.3 Å². The van der Waals surface area contributed by atoms with Gasteiger partial charge in [0.2, 0.25) is 0 Å². The molecule has 1 aliphatic rings. The third kappa shape index (κ3) is 1.70. The van der Waals surface area contributed by atoms with Crippen LogP contribution in [-0.2, 0) is 13.6 Å². The molecule has 18 heavy (non-hydrogen) atoms. The van der Waals surface area contributed by atoms with E-state index in [1.165, 1.54) is 12.8 Å². The van der Waals surface area contributed by atoms with Crippen molar-refractivity contribution in [1.82, 2.24) is 9.47 Å². The first-order chi connectivity index (χ1) is 8.81. The highest BCUT2D eigenvalue weighted by Crippen LogP contribution is 2.26. The Labute approximate surface area is 107 Å². The van der Waals surface area contributed by atoms with Gasteiger partial charge in [-0.1, -0.05) is 18.2 Å². The summed E-state index contributed by atoms with van der Waals surface area (Å²) in [6, 6.07) is 10.5. The van der Waals surface area contributed by atoms with Gasteiger partial charge in [-0.05, 0) is 32.0 Å². The van der Waals surface area contributed by atoms with Crippen molar-refractivity contribution >= 4 is 10.9 Å². The zero-order chi connectivity index (χ0) is 12.5. The largest absolute Gasteiger partial charge is 0.345 e. The van der Waals surface area contributed by atoms with E-state index in [9.17, 15) is 5.26 Å². The number of benzene rings is 1. The number of nitriles is 1. The van der Waals surface area contributed by atoms with Crippen LogP contribution >= 0.6 is 0 Å². The second-order valence-electron chi connectivity index (χ2n) is 4.99. The number of rotatable bonds is 2. The second-order valence-corrected chi connectivity index (χ2v) is 4.99. The molecule has 0 N–H and O–H groups in total. The van der Waals surface area contributed by atoms with E-state index in [0.717, 1.165) is 41.8 Å². The lowest BCUT2D eigenvalue weighted by Crippen LogP contribution is -2.20. The molecule has 1 aromatic heterocycles. The summed E-state index contributed by atoms with van der Waals surface area (Å²) in [7, 11) is 2.06. The molecule has 0 amide bonds. The normalized spacial score (nSPS) is 16.2. The molecule has 3 nitrogen and oxygen atoms in total. The third-order valence-electron chi connectivity index (χ3n) is 3.91. The van der Waals surface area contributed by atoms with E-state index >= 15 is 0 Å². The van der Waals surface area contributed by atoms with Gasteiger partial charge < -0.3 is 4.57 Å². The molecule has 2 heterocycles. The summed E-state index contributed by atoms with van der Waals surface area (Å²) in [4.78, 5) is 2.44. The van der Waals surface area contributed by atoms with Crippen LogP contribution in [0.5, 0.6) is 0 Å². The molecular weight excluding hydrogens is 222 g/mol. The lowest BCUT2D eigenvalue weighted by atomic mass is 10.1. The van der Waals surface area contributed by atoms with Crippen molar-refractivity contribution in [3.8, 4) is 6.07 Å². The molecule has 92 valence electrons. The molecule has 1 aliphatic heterocycles.